The number of rotatable bonds is 12. The molecule has 6 unspecified atom stereocenters. The van der Waals surface area contributed by atoms with Crippen molar-refractivity contribution in [3.05, 3.63) is 36.0 Å². The van der Waals surface area contributed by atoms with Crippen LogP contribution in [0.25, 0.3) is 10.9 Å². The van der Waals surface area contributed by atoms with Crippen LogP contribution in [0.1, 0.15) is 57.4 Å². The summed E-state index contributed by atoms with van der Waals surface area (Å²) in [5.74, 6) is -5.65. The van der Waals surface area contributed by atoms with Crippen molar-refractivity contribution in [1.82, 2.24) is 36.5 Å². The van der Waals surface area contributed by atoms with Gasteiger partial charge in [-0.1, -0.05) is 39.8 Å². The van der Waals surface area contributed by atoms with Crippen LogP contribution in [0.3, 0.4) is 0 Å². The number of carboxylic acid groups (broad SMARTS) is 1. The minimum atomic E-state index is -1.64. The second-order valence-electron chi connectivity index (χ2n) is 16.5. The maximum Gasteiger partial charge on any atom is 0.305 e. The molecule has 1 aromatic carbocycles. The van der Waals surface area contributed by atoms with Crippen LogP contribution in [0.2, 0.25) is 0 Å². The van der Waals surface area contributed by atoms with Crippen LogP contribution in [0, 0.1) is 0 Å². The van der Waals surface area contributed by atoms with Gasteiger partial charge < -0.3 is 61.3 Å². The van der Waals surface area contributed by atoms with Crippen LogP contribution in [0.15, 0.2) is 30.5 Å². The molecule has 3 aliphatic heterocycles. The number of carboxylic acids is 1. The molecule has 20 nitrogen and oxygen atoms in total. The first kappa shape index (κ1) is 49.1. The topological polar surface area (TPSA) is 280 Å². The monoisotopic (exact) mass is 918 g/mol. The SMILES string of the molecule is CC1NC(=O)C(CC(=O)O)NC(=O)CNC(=O)C(CCCC[N+]2(C)CCOCC2)NC(=O)CCSSCC(CC(N)=O)NC(=O)C2CC(OCc3c[nH]c4ccccc34)CN2C1=O. The number of amides is 7. The highest BCUT2D eigenvalue weighted by Gasteiger charge is 2.43. The lowest BCUT2D eigenvalue weighted by Gasteiger charge is -2.37. The molecule has 4 heterocycles. The Bertz CT molecular complexity index is 1960. The average molecular weight is 919 g/mol. The first-order valence-electron chi connectivity index (χ1n) is 21.2. The molecule has 22 heteroatoms. The zero-order valence-corrected chi connectivity index (χ0v) is 37.3. The van der Waals surface area contributed by atoms with Crippen LogP contribution in [0.5, 0.6) is 0 Å². The van der Waals surface area contributed by atoms with Crippen molar-refractivity contribution in [3.63, 3.8) is 0 Å². The molecule has 9 N–H and O–H groups in total. The third-order valence-corrected chi connectivity index (χ3v) is 13.9. The number of carbonyl (C=O) groups excluding carboxylic acids is 7. The molecule has 0 spiro atoms. The minimum Gasteiger partial charge on any atom is -0.481 e. The highest BCUT2D eigenvalue weighted by atomic mass is 33.1. The van der Waals surface area contributed by atoms with Crippen molar-refractivity contribution in [2.45, 2.75) is 94.8 Å². The first-order chi connectivity index (χ1) is 30.1. The maximum atomic E-state index is 14.1. The number of nitrogens with two attached hydrogens (primary N) is 1. The lowest BCUT2D eigenvalue weighted by atomic mass is 10.1. The third-order valence-electron chi connectivity index (χ3n) is 11.4. The molecular weight excluding hydrogens is 859 g/mol. The third kappa shape index (κ3) is 15.1. The Morgan fingerprint density at radius 3 is 2.43 bits per heavy atom. The van der Waals surface area contributed by atoms with E-state index in [2.05, 4.69) is 38.6 Å². The van der Waals surface area contributed by atoms with E-state index in [0.29, 0.717) is 25.4 Å². The van der Waals surface area contributed by atoms with Gasteiger partial charge in [-0.05, 0) is 32.3 Å². The number of aromatic amines is 1. The number of fused-ring (bicyclic) bond motifs is 2. The van der Waals surface area contributed by atoms with Crippen LogP contribution >= 0.6 is 21.6 Å². The number of aromatic nitrogens is 1. The van der Waals surface area contributed by atoms with Crippen LogP contribution in [-0.2, 0) is 54.4 Å². The number of hydrogen-bond donors (Lipinski definition) is 8. The van der Waals surface area contributed by atoms with E-state index in [1.54, 1.807) is 0 Å². The minimum absolute atomic E-state index is 0.0311. The molecule has 0 aliphatic carbocycles. The lowest BCUT2D eigenvalue weighted by molar-refractivity contribution is -0.917. The van der Waals surface area contributed by atoms with Gasteiger partial charge in [-0.15, -0.1) is 0 Å². The van der Waals surface area contributed by atoms with Crippen molar-refractivity contribution in [2.75, 3.05) is 64.5 Å². The summed E-state index contributed by atoms with van der Waals surface area (Å²) in [6.07, 6.45) is 1.95. The summed E-state index contributed by atoms with van der Waals surface area (Å²) in [7, 11) is 4.80. The molecule has 5 rings (SSSR count). The highest BCUT2D eigenvalue weighted by molar-refractivity contribution is 8.76. The predicted molar refractivity (Wildman–Crippen MR) is 234 cm³/mol. The van der Waals surface area contributed by atoms with Crippen LogP contribution in [-0.4, -0.2) is 168 Å². The summed E-state index contributed by atoms with van der Waals surface area (Å²) < 4.78 is 12.6. The Morgan fingerprint density at radius 1 is 0.937 bits per heavy atom. The lowest BCUT2D eigenvalue weighted by Crippen LogP contribution is -2.57. The van der Waals surface area contributed by atoms with Gasteiger partial charge in [0.2, 0.25) is 41.4 Å². The number of unbranched alkanes of at least 4 members (excludes halogenated alkanes) is 1. The van der Waals surface area contributed by atoms with Gasteiger partial charge in [0, 0.05) is 66.0 Å². The molecule has 3 saturated heterocycles. The molecular formula is C41H60N9O11S2+. The molecule has 2 aromatic rings. The van der Waals surface area contributed by atoms with Gasteiger partial charge in [0.1, 0.15) is 37.3 Å². The van der Waals surface area contributed by atoms with E-state index in [9.17, 15) is 43.5 Å². The normalized spacial score (nSPS) is 26.2. The summed E-state index contributed by atoms with van der Waals surface area (Å²) >= 11 is 0. The van der Waals surface area contributed by atoms with E-state index in [-0.39, 0.29) is 44.6 Å². The second-order valence-corrected chi connectivity index (χ2v) is 19.1. The number of carbonyl (C=O) groups is 8. The molecule has 1 aromatic heterocycles. The fourth-order valence-corrected chi connectivity index (χ4v) is 10.0. The van der Waals surface area contributed by atoms with Crippen LogP contribution < -0.4 is 32.3 Å². The Kier molecular flexibility index (Phi) is 18.5. The molecule has 6 atom stereocenters. The van der Waals surface area contributed by atoms with Gasteiger partial charge in [-0.25, -0.2) is 0 Å². The Balaban J connectivity index is 1.31. The molecule has 0 saturated carbocycles. The van der Waals surface area contributed by atoms with Crippen molar-refractivity contribution < 1.29 is 57.4 Å². The van der Waals surface area contributed by atoms with Gasteiger partial charge in [-0.3, -0.25) is 38.4 Å². The number of nitrogens with one attached hydrogen (secondary N) is 6. The summed E-state index contributed by atoms with van der Waals surface area (Å²) in [6, 6.07) is 1.93. The smallest absolute Gasteiger partial charge is 0.305 e. The standard InChI is InChI=1S/C41H59N9O11S2/c1-25-41(59)49-22-28(61-23-26-20-43-30-8-4-3-7-29(26)30)18-33(49)40(58)46-27(17-34(42)51)24-63-62-16-10-35(52)47-31(9-5-6-11-50(2)12-14-60-15-13-50)38(56)44-21-36(53)48-32(19-37(54)55)39(57)45-25/h3-4,7-8,20,25,27-28,31-33,43H,5-6,9-19,21-24H2,1-2H3,(H7-,42,44,45,46,47,48,51,52,53,54,55,56,57,58)/p+1. The molecule has 346 valence electrons. The van der Waals surface area contributed by atoms with E-state index in [0.717, 1.165) is 47.0 Å². The Morgan fingerprint density at radius 2 is 1.68 bits per heavy atom. The van der Waals surface area contributed by atoms with Gasteiger partial charge in [0.05, 0.1) is 52.5 Å². The number of para-hydroxylation sites is 1. The molecule has 7 amide bonds. The molecule has 0 radical (unpaired) electrons. The number of likely N-dealkylation sites (N-methyl/N-ethyl adjacent to an activating group) is 1. The molecule has 0 bridgehead atoms. The summed E-state index contributed by atoms with van der Waals surface area (Å²) in [6.45, 7) is 4.84. The number of morpholine rings is 1. The van der Waals surface area contributed by atoms with Crippen LogP contribution in [0.4, 0.5) is 0 Å². The van der Waals surface area contributed by atoms with E-state index in [4.69, 9.17) is 15.2 Å². The summed E-state index contributed by atoms with van der Waals surface area (Å²) in [5, 5.41) is 23.5. The van der Waals surface area contributed by atoms with Gasteiger partial charge in [0.15, 0.2) is 0 Å². The zero-order valence-electron chi connectivity index (χ0n) is 35.7. The fourth-order valence-electron chi connectivity index (χ4n) is 7.81. The van der Waals surface area contributed by atoms with Crippen molar-refractivity contribution in [3.8, 4) is 0 Å². The summed E-state index contributed by atoms with van der Waals surface area (Å²) in [5.41, 5.74) is 7.34. The number of aliphatic carboxylic acids is 1. The van der Waals surface area contributed by atoms with E-state index in [1.807, 2.05) is 30.5 Å². The van der Waals surface area contributed by atoms with E-state index < -0.39 is 96.6 Å². The van der Waals surface area contributed by atoms with E-state index >= 15 is 0 Å². The number of quaternary nitrogens is 1. The number of ether oxygens (including phenoxy) is 2. The second kappa shape index (κ2) is 23.7. The summed E-state index contributed by atoms with van der Waals surface area (Å²) in [4.78, 5) is 110. The maximum absolute atomic E-state index is 14.1. The Hall–Kier alpha value is -4.90. The number of primary amides is 1. The van der Waals surface area contributed by atoms with Gasteiger partial charge in [-0.2, -0.15) is 0 Å². The quantitative estimate of drug-likeness (QED) is 0.0760. The van der Waals surface area contributed by atoms with Crippen molar-refractivity contribution in [2.24, 2.45) is 5.73 Å². The zero-order chi connectivity index (χ0) is 45.5. The van der Waals surface area contributed by atoms with E-state index in [1.165, 1.54) is 33.4 Å². The number of nitrogens with zero attached hydrogens (tertiary/aromatic N) is 2. The highest BCUT2D eigenvalue weighted by Crippen LogP contribution is 2.27. The molecule has 3 aliphatic rings. The number of benzene rings is 1. The average Bonchev–Trinajstić information content (AvgIpc) is 3.86. The first-order valence-corrected chi connectivity index (χ1v) is 23.7. The Labute approximate surface area is 373 Å². The van der Waals surface area contributed by atoms with Crippen molar-refractivity contribution in [1.29, 1.82) is 0 Å². The fraction of sp³-hybridized carbons (Fsp3) is 0.610. The molecule has 63 heavy (non-hydrogen) atoms. The van der Waals surface area contributed by atoms with Crippen molar-refractivity contribution >= 4 is 79.8 Å². The largest absolute Gasteiger partial charge is 0.481 e. The number of H-pyrrole nitrogens is 1. The number of hydrogen-bond acceptors (Lipinski definition) is 12. The van der Waals surface area contributed by atoms with Gasteiger partial charge >= 0.3 is 5.97 Å². The predicted octanol–water partition coefficient (Wildman–Crippen LogP) is -0.488. The van der Waals surface area contributed by atoms with Gasteiger partial charge in [0.25, 0.3) is 0 Å². The molecule has 3 fully saturated rings.